The highest BCUT2D eigenvalue weighted by Gasteiger charge is 2.51. The van der Waals surface area contributed by atoms with E-state index in [1.165, 1.54) is 44.1 Å². The maximum atomic E-state index is 12.4. The lowest BCUT2D eigenvalue weighted by atomic mass is 9.48. The largest absolute Gasteiger partial charge is 0.325 e. The topological polar surface area (TPSA) is 29.1 Å². The lowest BCUT2D eigenvalue weighted by Crippen LogP contribution is -2.48. The van der Waals surface area contributed by atoms with E-state index < -0.39 is 0 Å². The Balaban J connectivity index is 1.33. The Morgan fingerprint density at radius 3 is 2.19 bits per heavy atom. The number of carbonyl (C=O) groups excluding carboxylic acids is 1. The SMILES string of the molecule is O=C(Cc1ccccc1)Nc1ccc(C23CC4CC(CC(C4)C2)C3)cc1Br. The molecule has 3 heteroatoms. The molecule has 0 aromatic heterocycles. The van der Waals surface area contributed by atoms with Gasteiger partial charge in [0.25, 0.3) is 0 Å². The Bertz CT molecular complexity index is 825. The monoisotopic (exact) mass is 423 g/mol. The van der Waals surface area contributed by atoms with Crippen LogP contribution in [0.2, 0.25) is 0 Å². The molecule has 4 fully saturated rings. The summed E-state index contributed by atoms with van der Waals surface area (Å²) in [6, 6.07) is 16.6. The second-order valence-corrected chi connectivity index (χ2v) is 9.96. The maximum Gasteiger partial charge on any atom is 0.228 e. The molecule has 0 unspecified atom stereocenters. The Kier molecular flexibility index (Phi) is 4.39. The Morgan fingerprint density at radius 1 is 0.963 bits per heavy atom. The molecule has 0 heterocycles. The van der Waals surface area contributed by atoms with Gasteiger partial charge < -0.3 is 5.32 Å². The second kappa shape index (κ2) is 6.77. The van der Waals surface area contributed by atoms with Crippen LogP contribution in [0, 0.1) is 17.8 Å². The summed E-state index contributed by atoms with van der Waals surface area (Å²) < 4.78 is 1.01. The molecule has 4 aliphatic rings. The third-order valence-electron chi connectivity index (χ3n) is 7.10. The fraction of sp³-hybridized carbons (Fsp3) is 0.458. The van der Waals surface area contributed by atoms with E-state index in [2.05, 4.69) is 39.4 Å². The molecule has 0 saturated heterocycles. The molecule has 4 bridgehead atoms. The molecule has 2 aromatic carbocycles. The molecule has 140 valence electrons. The quantitative estimate of drug-likeness (QED) is 0.632. The van der Waals surface area contributed by atoms with Crippen molar-refractivity contribution >= 4 is 27.5 Å². The highest BCUT2D eigenvalue weighted by molar-refractivity contribution is 9.10. The van der Waals surface area contributed by atoms with Crippen LogP contribution in [0.5, 0.6) is 0 Å². The van der Waals surface area contributed by atoms with Gasteiger partial charge in [0.15, 0.2) is 0 Å². The van der Waals surface area contributed by atoms with Crippen LogP contribution in [0.1, 0.15) is 49.7 Å². The number of anilines is 1. The third-order valence-corrected chi connectivity index (χ3v) is 7.76. The molecular weight excluding hydrogens is 398 g/mol. The summed E-state index contributed by atoms with van der Waals surface area (Å²) in [5, 5.41) is 3.07. The number of nitrogens with one attached hydrogen (secondary N) is 1. The molecule has 1 N–H and O–H groups in total. The molecule has 27 heavy (non-hydrogen) atoms. The lowest BCUT2D eigenvalue weighted by molar-refractivity contribution is -0.115. The summed E-state index contributed by atoms with van der Waals surface area (Å²) in [5.74, 6) is 2.87. The molecule has 0 atom stereocenters. The number of halogens is 1. The van der Waals surface area contributed by atoms with Gasteiger partial charge in [0, 0.05) is 4.47 Å². The summed E-state index contributed by atoms with van der Waals surface area (Å²) in [6.07, 6.45) is 8.90. The van der Waals surface area contributed by atoms with Crippen LogP contribution in [0.4, 0.5) is 5.69 Å². The fourth-order valence-electron chi connectivity index (χ4n) is 6.39. The minimum atomic E-state index is 0.0319. The van der Waals surface area contributed by atoms with Crippen molar-refractivity contribution in [1.29, 1.82) is 0 Å². The standard InChI is InChI=1S/C24H26BrNO/c25-21-12-20(24-13-17-8-18(14-24)10-19(9-17)15-24)6-7-22(21)26-23(27)11-16-4-2-1-3-5-16/h1-7,12,17-19H,8-11,13-15H2,(H,26,27). The summed E-state index contributed by atoms with van der Waals surface area (Å²) in [4.78, 5) is 12.4. The highest BCUT2D eigenvalue weighted by Crippen LogP contribution is 2.60. The normalized spacial score (nSPS) is 31.1. The summed E-state index contributed by atoms with van der Waals surface area (Å²) in [5.41, 5.74) is 3.79. The van der Waals surface area contributed by atoms with Crippen LogP contribution in [0.15, 0.2) is 53.0 Å². The number of rotatable bonds is 4. The Labute approximate surface area is 169 Å². The molecule has 1 amide bonds. The zero-order valence-corrected chi connectivity index (χ0v) is 17.2. The van der Waals surface area contributed by atoms with Crippen molar-refractivity contribution in [3.05, 3.63) is 64.1 Å². The molecule has 0 aliphatic heterocycles. The van der Waals surface area contributed by atoms with Crippen molar-refractivity contribution in [2.75, 3.05) is 5.32 Å². The van der Waals surface area contributed by atoms with Gasteiger partial charge in [0.05, 0.1) is 12.1 Å². The van der Waals surface area contributed by atoms with Gasteiger partial charge in [0.2, 0.25) is 5.91 Å². The number of hydrogen-bond donors (Lipinski definition) is 1. The summed E-state index contributed by atoms with van der Waals surface area (Å²) >= 11 is 3.73. The summed E-state index contributed by atoms with van der Waals surface area (Å²) in [6.45, 7) is 0. The number of carbonyl (C=O) groups is 1. The maximum absolute atomic E-state index is 12.4. The van der Waals surface area contributed by atoms with E-state index in [4.69, 9.17) is 0 Å². The first-order valence-electron chi connectivity index (χ1n) is 10.2. The number of benzene rings is 2. The Morgan fingerprint density at radius 2 is 1.59 bits per heavy atom. The zero-order chi connectivity index (χ0) is 18.4. The minimum absolute atomic E-state index is 0.0319. The molecule has 0 radical (unpaired) electrons. The molecule has 4 aliphatic carbocycles. The van der Waals surface area contributed by atoms with E-state index in [-0.39, 0.29) is 5.91 Å². The van der Waals surface area contributed by atoms with E-state index in [0.29, 0.717) is 11.8 Å². The number of hydrogen-bond acceptors (Lipinski definition) is 1. The first-order chi connectivity index (χ1) is 13.1. The van der Waals surface area contributed by atoms with Crippen LogP contribution in [-0.2, 0) is 16.6 Å². The van der Waals surface area contributed by atoms with Crippen LogP contribution in [-0.4, -0.2) is 5.91 Å². The summed E-state index contributed by atoms with van der Waals surface area (Å²) in [7, 11) is 0. The van der Waals surface area contributed by atoms with Crippen molar-refractivity contribution in [1.82, 2.24) is 0 Å². The van der Waals surface area contributed by atoms with E-state index in [1.807, 2.05) is 30.3 Å². The van der Waals surface area contributed by atoms with Gasteiger partial charge >= 0.3 is 0 Å². The van der Waals surface area contributed by atoms with Gasteiger partial charge in [-0.05, 0) is 101 Å². The smallest absolute Gasteiger partial charge is 0.228 e. The average molecular weight is 424 g/mol. The molecule has 2 nitrogen and oxygen atoms in total. The first kappa shape index (κ1) is 17.5. The van der Waals surface area contributed by atoms with Gasteiger partial charge in [-0.3, -0.25) is 4.79 Å². The van der Waals surface area contributed by atoms with Crippen LogP contribution >= 0.6 is 15.9 Å². The lowest BCUT2D eigenvalue weighted by Gasteiger charge is -2.57. The van der Waals surface area contributed by atoms with Crippen LogP contribution < -0.4 is 5.32 Å². The molecule has 0 spiro atoms. The van der Waals surface area contributed by atoms with Crippen molar-refractivity contribution in [3.63, 3.8) is 0 Å². The minimum Gasteiger partial charge on any atom is -0.325 e. The van der Waals surface area contributed by atoms with E-state index >= 15 is 0 Å². The number of amides is 1. The van der Waals surface area contributed by atoms with Crippen LogP contribution in [0.25, 0.3) is 0 Å². The van der Waals surface area contributed by atoms with Crippen molar-refractivity contribution in [2.45, 2.75) is 50.4 Å². The second-order valence-electron chi connectivity index (χ2n) is 9.10. The van der Waals surface area contributed by atoms with Crippen molar-refractivity contribution < 1.29 is 4.79 Å². The molecular formula is C24H26BrNO. The van der Waals surface area contributed by atoms with E-state index in [1.54, 1.807) is 0 Å². The first-order valence-corrected chi connectivity index (χ1v) is 11.0. The fourth-order valence-corrected chi connectivity index (χ4v) is 6.86. The molecule has 2 aromatic rings. The zero-order valence-electron chi connectivity index (χ0n) is 15.6. The molecule has 6 rings (SSSR count). The van der Waals surface area contributed by atoms with E-state index in [9.17, 15) is 4.79 Å². The van der Waals surface area contributed by atoms with E-state index in [0.717, 1.165) is 33.5 Å². The third kappa shape index (κ3) is 3.35. The van der Waals surface area contributed by atoms with Gasteiger partial charge in [-0.15, -0.1) is 0 Å². The van der Waals surface area contributed by atoms with Gasteiger partial charge in [0.1, 0.15) is 0 Å². The molecule has 4 saturated carbocycles. The van der Waals surface area contributed by atoms with Gasteiger partial charge in [-0.2, -0.15) is 0 Å². The Hall–Kier alpha value is -1.61. The average Bonchev–Trinajstić information content (AvgIpc) is 2.63. The predicted molar refractivity (Wildman–Crippen MR) is 113 cm³/mol. The van der Waals surface area contributed by atoms with Gasteiger partial charge in [-0.1, -0.05) is 36.4 Å². The van der Waals surface area contributed by atoms with Crippen molar-refractivity contribution in [3.8, 4) is 0 Å². The van der Waals surface area contributed by atoms with Gasteiger partial charge in [-0.25, -0.2) is 0 Å². The predicted octanol–water partition coefficient (Wildman–Crippen LogP) is 6.10. The van der Waals surface area contributed by atoms with Crippen molar-refractivity contribution in [2.24, 2.45) is 17.8 Å². The van der Waals surface area contributed by atoms with Crippen LogP contribution in [0.3, 0.4) is 0 Å². The highest BCUT2D eigenvalue weighted by atomic mass is 79.9.